The summed E-state index contributed by atoms with van der Waals surface area (Å²) in [6, 6.07) is 9.03. The van der Waals surface area contributed by atoms with Crippen LogP contribution >= 0.6 is 11.8 Å². The van der Waals surface area contributed by atoms with Crippen molar-refractivity contribution in [2.45, 2.75) is 62.0 Å². The van der Waals surface area contributed by atoms with Gasteiger partial charge in [0.15, 0.2) is 6.10 Å². The molecule has 6 nitrogen and oxygen atoms in total. The van der Waals surface area contributed by atoms with Crippen molar-refractivity contribution >= 4 is 29.7 Å². The minimum absolute atomic E-state index is 0.112. The minimum Gasteiger partial charge on any atom is -0.452 e. The van der Waals surface area contributed by atoms with Crippen molar-refractivity contribution in [1.29, 1.82) is 0 Å². The smallest absolute Gasteiger partial charge is 0.321 e. The SMILES string of the molecule is C[C@@H](OC(=O)CSc1ccccc1)C(=O)NC(=O)NC12CC3CC(CC(C3)C1)C2. The Balaban J connectivity index is 1.22. The fourth-order valence-electron chi connectivity index (χ4n) is 5.69. The number of benzene rings is 1. The van der Waals surface area contributed by atoms with Crippen LogP contribution in [0.2, 0.25) is 0 Å². The number of amides is 3. The topological polar surface area (TPSA) is 84.5 Å². The molecule has 7 heteroatoms. The van der Waals surface area contributed by atoms with E-state index in [9.17, 15) is 14.4 Å². The molecule has 0 aromatic heterocycles. The normalized spacial score (nSPS) is 30.4. The van der Waals surface area contributed by atoms with Crippen molar-refractivity contribution in [2.75, 3.05) is 5.75 Å². The van der Waals surface area contributed by atoms with Gasteiger partial charge >= 0.3 is 12.0 Å². The van der Waals surface area contributed by atoms with Gasteiger partial charge in [-0.1, -0.05) is 18.2 Å². The molecule has 0 heterocycles. The van der Waals surface area contributed by atoms with Crippen LogP contribution in [0.1, 0.15) is 45.4 Å². The lowest BCUT2D eigenvalue weighted by atomic mass is 9.53. The summed E-state index contributed by atoms with van der Waals surface area (Å²) in [7, 11) is 0. The Morgan fingerprint density at radius 2 is 1.66 bits per heavy atom. The van der Waals surface area contributed by atoms with Crippen LogP contribution in [0.3, 0.4) is 0 Å². The van der Waals surface area contributed by atoms with E-state index in [1.807, 2.05) is 30.3 Å². The molecule has 29 heavy (non-hydrogen) atoms. The zero-order chi connectivity index (χ0) is 20.4. The Morgan fingerprint density at radius 1 is 1.07 bits per heavy atom. The third kappa shape index (κ3) is 4.94. The highest BCUT2D eigenvalue weighted by Gasteiger charge is 2.51. The quantitative estimate of drug-likeness (QED) is 0.548. The van der Waals surface area contributed by atoms with Crippen molar-refractivity contribution in [2.24, 2.45) is 17.8 Å². The van der Waals surface area contributed by atoms with Crippen LogP contribution in [0.4, 0.5) is 4.79 Å². The highest BCUT2D eigenvalue weighted by Crippen LogP contribution is 2.55. The van der Waals surface area contributed by atoms with Crippen LogP contribution < -0.4 is 10.6 Å². The Kier molecular flexibility index (Phi) is 5.86. The molecule has 4 fully saturated rings. The Morgan fingerprint density at radius 3 is 2.24 bits per heavy atom. The maximum Gasteiger partial charge on any atom is 0.321 e. The number of carbonyl (C=O) groups is 3. The van der Waals surface area contributed by atoms with E-state index in [1.165, 1.54) is 37.9 Å². The van der Waals surface area contributed by atoms with Crippen molar-refractivity contribution < 1.29 is 19.1 Å². The number of rotatable bonds is 6. The van der Waals surface area contributed by atoms with Crippen molar-refractivity contribution in [3.63, 3.8) is 0 Å². The van der Waals surface area contributed by atoms with Gasteiger partial charge < -0.3 is 10.1 Å². The summed E-state index contributed by atoms with van der Waals surface area (Å²) in [5.74, 6) is 1.16. The molecule has 2 N–H and O–H groups in total. The Labute approximate surface area is 175 Å². The number of hydrogen-bond donors (Lipinski definition) is 2. The molecule has 5 rings (SSSR count). The van der Waals surface area contributed by atoms with Crippen LogP contribution in [0.15, 0.2) is 35.2 Å². The van der Waals surface area contributed by atoms with Crippen molar-refractivity contribution in [1.82, 2.24) is 10.6 Å². The molecular weight excluding hydrogens is 388 g/mol. The Bertz CT molecular complexity index is 747. The summed E-state index contributed by atoms with van der Waals surface area (Å²) in [5, 5.41) is 5.46. The van der Waals surface area contributed by atoms with E-state index in [1.54, 1.807) is 0 Å². The maximum absolute atomic E-state index is 12.5. The summed E-state index contributed by atoms with van der Waals surface area (Å²) in [4.78, 5) is 37.7. The molecule has 4 saturated carbocycles. The molecule has 0 unspecified atom stereocenters. The fraction of sp³-hybridized carbons (Fsp3) is 0.591. The number of urea groups is 1. The van der Waals surface area contributed by atoms with Crippen LogP contribution in [0, 0.1) is 17.8 Å². The summed E-state index contributed by atoms with van der Waals surface area (Å²) in [6.45, 7) is 1.48. The van der Waals surface area contributed by atoms with Crippen LogP contribution in [-0.4, -0.2) is 35.3 Å². The first-order chi connectivity index (χ1) is 13.9. The number of imide groups is 1. The second-order valence-electron chi connectivity index (χ2n) is 8.88. The summed E-state index contributed by atoms with van der Waals surface area (Å²) < 4.78 is 5.18. The molecule has 1 aromatic carbocycles. The van der Waals surface area contributed by atoms with Crippen molar-refractivity contribution in [3.8, 4) is 0 Å². The highest BCUT2D eigenvalue weighted by molar-refractivity contribution is 8.00. The van der Waals surface area contributed by atoms with Gasteiger partial charge in [0, 0.05) is 10.4 Å². The van der Waals surface area contributed by atoms with Gasteiger partial charge in [-0.2, -0.15) is 0 Å². The molecule has 1 aromatic rings. The lowest BCUT2D eigenvalue weighted by Gasteiger charge is -2.56. The van der Waals surface area contributed by atoms with Gasteiger partial charge in [-0.15, -0.1) is 11.8 Å². The maximum atomic E-state index is 12.5. The zero-order valence-corrected chi connectivity index (χ0v) is 17.5. The predicted octanol–water partition coefficient (Wildman–Crippen LogP) is 3.51. The number of esters is 1. The van der Waals surface area contributed by atoms with Gasteiger partial charge in [0.25, 0.3) is 5.91 Å². The van der Waals surface area contributed by atoms with Crippen LogP contribution in [-0.2, 0) is 14.3 Å². The van der Waals surface area contributed by atoms with Crippen molar-refractivity contribution in [3.05, 3.63) is 30.3 Å². The van der Waals surface area contributed by atoms with E-state index in [0.717, 1.165) is 24.2 Å². The first-order valence-corrected chi connectivity index (χ1v) is 11.4. The number of ether oxygens (including phenoxy) is 1. The van der Waals surface area contributed by atoms with E-state index in [2.05, 4.69) is 10.6 Å². The summed E-state index contributed by atoms with van der Waals surface area (Å²) in [6.07, 6.45) is 5.90. The first kappa shape index (κ1) is 20.3. The Hall–Kier alpha value is -2.02. The third-order valence-corrected chi connectivity index (χ3v) is 7.42. The predicted molar refractivity (Wildman–Crippen MR) is 110 cm³/mol. The molecule has 0 aliphatic heterocycles. The van der Waals surface area contributed by atoms with Gasteiger partial charge in [0.05, 0.1) is 5.75 Å². The van der Waals surface area contributed by atoms with Gasteiger partial charge in [0.1, 0.15) is 0 Å². The first-order valence-electron chi connectivity index (χ1n) is 10.4. The van der Waals surface area contributed by atoms with E-state index >= 15 is 0 Å². The largest absolute Gasteiger partial charge is 0.452 e. The molecule has 0 radical (unpaired) electrons. The van der Waals surface area contributed by atoms with E-state index < -0.39 is 24.0 Å². The van der Waals surface area contributed by atoms with E-state index in [0.29, 0.717) is 17.8 Å². The van der Waals surface area contributed by atoms with Crippen LogP contribution in [0.5, 0.6) is 0 Å². The third-order valence-electron chi connectivity index (χ3n) is 6.43. The minimum atomic E-state index is -1.01. The summed E-state index contributed by atoms with van der Waals surface area (Å²) in [5.41, 5.74) is -0.161. The number of thioether (sulfide) groups is 1. The van der Waals surface area contributed by atoms with Gasteiger partial charge in [-0.25, -0.2) is 4.79 Å². The number of hydrogen-bond acceptors (Lipinski definition) is 5. The highest BCUT2D eigenvalue weighted by atomic mass is 32.2. The molecule has 156 valence electrons. The molecule has 0 spiro atoms. The second-order valence-corrected chi connectivity index (χ2v) is 9.92. The van der Waals surface area contributed by atoms with Gasteiger partial charge in [-0.05, 0) is 75.3 Å². The molecule has 0 saturated heterocycles. The van der Waals surface area contributed by atoms with E-state index in [4.69, 9.17) is 4.74 Å². The lowest BCUT2D eigenvalue weighted by Crippen LogP contribution is -2.62. The zero-order valence-electron chi connectivity index (χ0n) is 16.7. The van der Waals surface area contributed by atoms with Gasteiger partial charge in [-0.3, -0.25) is 14.9 Å². The monoisotopic (exact) mass is 416 g/mol. The summed E-state index contributed by atoms with van der Waals surface area (Å²) >= 11 is 1.35. The lowest BCUT2D eigenvalue weighted by molar-refractivity contribution is -0.151. The van der Waals surface area contributed by atoms with E-state index in [-0.39, 0.29) is 11.3 Å². The fourth-order valence-corrected chi connectivity index (χ4v) is 6.40. The number of nitrogens with one attached hydrogen (secondary N) is 2. The number of carbonyl (C=O) groups excluding carboxylic acids is 3. The molecule has 4 bridgehead atoms. The molecule has 1 atom stereocenters. The molecule has 4 aliphatic carbocycles. The second kappa shape index (κ2) is 8.38. The average molecular weight is 417 g/mol. The molecular formula is C22H28N2O4S. The standard InChI is InChI=1S/C22H28N2O4S/c1-14(28-19(25)13-29-18-5-3-2-4-6-18)20(26)23-21(27)24-22-10-15-7-16(11-22)9-17(8-15)12-22/h2-6,14-17H,7-13H2,1H3,(H2,23,24,26,27)/t14-,15?,16?,17?,22?/m1/s1. The average Bonchev–Trinajstić information content (AvgIpc) is 2.65. The van der Waals surface area contributed by atoms with Gasteiger partial charge in [0.2, 0.25) is 0 Å². The molecule has 3 amide bonds. The molecule has 4 aliphatic rings. The van der Waals surface area contributed by atoms with Crippen LogP contribution in [0.25, 0.3) is 0 Å².